The van der Waals surface area contributed by atoms with E-state index in [4.69, 9.17) is 11.1 Å². The lowest BCUT2D eigenvalue weighted by atomic mass is 10.1. The predicted molar refractivity (Wildman–Crippen MR) is 46.6 cm³/mol. The second-order valence-electron chi connectivity index (χ2n) is 2.66. The second kappa shape index (κ2) is 3.85. The number of hydrogen-bond donors (Lipinski definition) is 2. The van der Waals surface area contributed by atoms with E-state index in [9.17, 15) is 4.39 Å². The van der Waals surface area contributed by atoms with Gasteiger partial charge in [-0.3, -0.25) is 5.41 Å². The summed E-state index contributed by atoms with van der Waals surface area (Å²) in [7, 11) is 0. The van der Waals surface area contributed by atoms with Crippen LogP contribution in [0.25, 0.3) is 0 Å². The van der Waals surface area contributed by atoms with Crippen LogP contribution in [0.4, 0.5) is 4.39 Å². The summed E-state index contributed by atoms with van der Waals surface area (Å²) >= 11 is 0. The molecule has 0 fully saturated rings. The van der Waals surface area contributed by atoms with Gasteiger partial charge < -0.3 is 5.73 Å². The number of nitrogens with two attached hydrogens (primary N) is 1. The predicted octanol–water partition coefficient (Wildman–Crippen LogP) is 1.69. The summed E-state index contributed by atoms with van der Waals surface area (Å²) in [6.07, 6.45) is 1.12. The van der Waals surface area contributed by atoms with E-state index in [1.165, 1.54) is 12.1 Å². The van der Waals surface area contributed by atoms with Crippen molar-refractivity contribution in [2.45, 2.75) is 12.8 Å². The first-order valence-corrected chi connectivity index (χ1v) is 3.76. The zero-order valence-electron chi connectivity index (χ0n) is 6.68. The molecule has 0 aliphatic rings. The fourth-order valence-corrected chi connectivity index (χ4v) is 0.971. The van der Waals surface area contributed by atoms with Gasteiger partial charge in [0.25, 0.3) is 0 Å². The second-order valence-corrected chi connectivity index (χ2v) is 2.66. The molecule has 1 aromatic rings. The zero-order valence-corrected chi connectivity index (χ0v) is 6.68. The molecule has 0 unspecified atom stereocenters. The van der Waals surface area contributed by atoms with E-state index >= 15 is 0 Å². The van der Waals surface area contributed by atoms with E-state index in [0.717, 1.165) is 5.56 Å². The highest BCUT2D eigenvalue weighted by Crippen LogP contribution is 2.05. The van der Waals surface area contributed by atoms with Gasteiger partial charge in [0.1, 0.15) is 5.82 Å². The van der Waals surface area contributed by atoms with Crippen LogP contribution in [0.5, 0.6) is 0 Å². The number of amidine groups is 1. The molecule has 0 amide bonds. The van der Waals surface area contributed by atoms with Crippen LogP contribution in [-0.4, -0.2) is 5.84 Å². The maximum atomic E-state index is 12.6. The molecule has 0 heterocycles. The van der Waals surface area contributed by atoms with Gasteiger partial charge in [-0.05, 0) is 24.1 Å². The molecule has 2 nitrogen and oxygen atoms in total. The summed E-state index contributed by atoms with van der Waals surface area (Å²) in [6, 6.07) is 6.34. The van der Waals surface area contributed by atoms with Gasteiger partial charge in [-0.25, -0.2) is 4.39 Å². The highest BCUT2D eigenvalue weighted by Gasteiger charge is 1.95. The van der Waals surface area contributed by atoms with Crippen LogP contribution in [0, 0.1) is 11.2 Å². The van der Waals surface area contributed by atoms with E-state index in [1.807, 2.05) is 6.07 Å². The molecule has 0 radical (unpaired) electrons. The summed E-state index contributed by atoms with van der Waals surface area (Å²) in [6.45, 7) is 0. The number of nitrogens with one attached hydrogen (secondary N) is 1. The zero-order chi connectivity index (χ0) is 8.97. The van der Waals surface area contributed by atoms with Crippen LogP contribution in [0.1, 0.15) is 12.0 Å². The maximum Gasteiger partial charge on any atom is 0.123 e. The van der Waals surface area contributed by atoms with E-state index in [0.29, 0.717) is 12.8 Å². The Morgan fingerprint density at radius 1 is 1.50 bits per heavy atom. The Kier molecular flexibility index (Phi) is 2.80. The van der Waals surface area contributed by atoms with Gasteiger partial charge in [-0.15, -0.1) is 0 Å². The van der Waals surface area contributed by atoms with Gasteiger partial charge in [0, 0.05) is 6.42 Å². The van der Waals surface area contributed by atoms with Crippen molar-refractivity contribution in [2.24, 2.45) is 5.73 Å². The average molecular weight is 166 g/mol. The van der Waals surface area contributed by atoms with Crippen LogP contribution < -0.4 is 5.73 Å². The van der Waals surface area contributed by atoms with Crippen LogP contribution in [0.2, 0.25) is 0 Å². The summed E-state index contributed by atoms with van der Waals surface area (Å²) in [5.41, 5.74) is 6.05. The fraction of sp³-hybridized carbons (Fsp3) is 0.222. The van der Waals surface area contributed by atoms with Crippen molar-refractivity contribution in [1.29, 1.82) is 5.41 Å². The Labute approximate surface area is 70.7 Å². The molecule has 0 aliphatic heterocycles. The van der Waals surface area contributed by atoms with Crippen molar-refractivity contribution in [3.05, 3.63) is 35.6 Å². The molecule has 0 aromatic heterocycles. The van der Waals surface area contributed by atoms with Crippen molar-refractivity contribution in [1.82, 2.24) is 0 Å². The topological polar surface area (TPSA) is 49.9 Å². The summed E-state index contributed by atoms with van der Waals surface area (Å²) in [4.78, 5) is 0. The quantitative estimate of drug-likeness (QED) is 0.521. The largest absolute Gasteiger partial charge is 0.388 e. The van der Waals surface area contributed by atoms with Crippen LogP contribution >= 0.6 is 0 Å². The van der Waals surface area contributed by atoms with E-state index in [2.05, 4.69) is 0 Å². The average Bonchev–Trinajstić information content (AvgIpc) is 2.01. The maximum absolute atomic E-state index is 12.6. The number of benzene rings is 1. The highest BCUT2D eigenvalue weighted by molar-refractivity contribution is 5.77. The SMILES string of the molecule is N=C(N)CCc1cccc(F)c1. The first kappa shape index (κ1) is 8.71. The van der Waals surface area contributed by atoms with Crippen LogP contribution in [0.3, 0.4) is 0 Å². The van der Waals surface area contributed by atoms with Gasteiger partial charge in [0.2, 0.25) is 0 Å². The lowest BCUT2D eigenvalue weighted by Gasteiger charge is -1.99. The molecule has 0 atom stereocenters. The highest BCUT2D eigenvalue weighted by atomic mass is 19.1. The molecule has 0 bridgehead atoms. The van der Waals surface area contributed by atoms with Gasteiger partial charge in [-0.2, -0.15) is 0 Å². The monoisotopic (exact) mass is 166 g/mol. The van der Waals surface area contributed by atoms with Crippen molar-refractivity contribution in [2.75, 3.05) is 0 Å². The summed E-state index contributed by atoms with van der Waals surface area (Å²) < 4.78 is 12.6. The Bertz CT molecular complexity index is 284. The molecule has 1 rings (SSSR count). The number of hydrogen-bond acceptors (Lipinski definition) is 1. The lowest BCUT2D eigenvalue weighted by molar-refractivity contribution is 0.625. The van der Waals surface area contributed by atoms with Gasteiger partial charge >= 0.3 is 0 Å². The van der Waals surface area contributed by atoms with Gasteiger partial charge in [0.05, 0.1) is 5.84 Å². The number of aryl methyl sites for hydroxylation is 1. The Balaban J connectivity index is 2.57. The molecule has 12 heavy (non-hydrogen) atoms. The van der Waals surface area contributed by atoms with Crippen molar-refractivity contribution in [3.8, 4) is 0 Å². The molecular formula is C9H11FN2. The first-order valence-electron chi connectivity index (χ1n) is 3.76. The van der Waals surface area contributed by atoms with E-state index < -0.39 is 0 Å². The third-order valence-corrected chi connectivity index (χ3v) is 1.57. The van der Waals surface area contributed by atoms with Crippen molar-refractivity contribution >= 4 is 5.84 Å². The molecule has 0 aliphatic carbocycles. The van der Waals surface area contributed by atoms with Crippen molar-refractivity contribution in [3.63, 3.8) is 0 Å². The van der Waals surface area contributed by atoms with E-state index in [-0.39, 0.29) is 11.7 Å². The molecule has 64 valence electrons. The molecular weight excluding hydrogens is 155 g/mol. The van der Waals surface area contributed by atoms with Gasteiger partial charge in [0.15, 0.2) is 0 Å². The molecule has 3 N–H and O–H groups in total. The lowest BCUT2D eigenvalue weighted by Crippen LogP contribution is -2.10. The molecule has 0 spiro atoms. The van der Waals surface area contributed by atoms with Crippen LogP contribution in [0.15, 0.2) is 24.3 Å². The normalized spacial score (nSPS) is 9.75. The molecule has 0 saturated carbocycles. The van der Waals surface area contributed by atoms with Gasteiger partial charge in [-0.1, -0.05) is 12.1 Å². The third-order valence-electron chi connectivity index (χ3n) is 1.57. The Morgan fingerprint density at radius 3 is 2.83 bits per heavy atom. The number of rotatable bonds is 3. The molecule has 1 aromatic carbocycles. The fourth-order valence-electron chi connectivity index (χ4n) is 0.971. The standard InChI is InChI=1S/C9H11FN2/c10-8-3-1-2-7(6-8)4-5-9(11)12/h1-3,6H,4-5H2,(H3,11,12). The minimum atomic E-state index is -0.240. The Hall–Kier alpha value is -1.38. The van der Waals surface area contributed by atoms with Crippen molar-refractivity contribution < 1.29 is 4.39 Å². The summed E-state index contributed by atoms with van der Waals surface area (Å²) in [5, 5.41) is 6.98. The minimum Gasteiger partial charge on any atom is -0.388 e. The molecule has 3 heteroatoms. The third kappa shape index (κ3) is 2.70. The smallest absolute Gasteiger partial charge is 0.123 e. The Morgan fingerprint density at radius 2 is 2.25 bits per heavy atom. The minimum absolute atomic E-state index is 0.138. The van der Waals surface area contributed by atoms with Crippen LogP contribution in [-0.2, 0) is 6.42 Å². The van der Waals surface area contributed by atoms with E-state index in [1.54, 1.807) is 6.07 Å². The first-order chi connectivity index (χ1) is 5.68. The molecule has 0 saturated heterocycles. The summed E-state index contributed by atoms with van der Waals surface area (Å²) in [5.74, 6) is -0.102. The number of halogens is 1.